The summed E-state index contributed by atoms with van der Waals surface area (Å²) < 4.78 is 7.30. The minimum Gasteiger partial charge on any atom is -0.479 e. The van der Waals surface area contributed by atoms with E-state index in [0.717, 1.165) is 22.0 Å². The lowest BCUT2D eigenvalue weighted by Gasteiger charge is -2.20. The van der Waals surface area contributed by atoms with Crippen molar-refractivity contribution in [2.24, 2.45) is 0 Å². The number of nitrogens with zero attached hydrogens (tertiary/aromatic N) is 2. The molecule has 0 aliphatic heterocycles. The summed E-state index contributed by atoms with van der Waals surface area (Å²) in [5.74, 6) is -1.15. The van der Waals surface area contributed by atoms with Crippen LogP contribution in [0.15, 0.2) is 78.9 Å². The number of ether oxygens (including phenoxy) is 1. The molecule has 1 heterocycles. The fourth-order valence-electron chi connectivity index (χ4n) is 3.51. The van der Waals surface area contributed by atoms with E-state index in [0.29, 0.717) is 22.8 Å². The highest BCUT2D eigenvalue weighted by molar-refractivity contribution is 6.30. The molecule has 0 fully saturated rings. The Morgan fingerprint density at radius 2 is 1.71 bits per heavy atom. The predicted molar refractivity (Wildman–Crippen MR) is 137 cm³/mol. The van der Waals surface area contributed by atoms with Crippen molar-refractivity contribution in [2.75, 3.05) is 0 Å². The molecule has 6 nitrogen and oxygen atoms in total. The number of carbonyl (C=O) groups excluding carboxylic acids is 1. The number of para-hydroxylation sites is 1. The zero-order chi connectivity index (χ0) is 25.0. The minimum absolute atomic E-state index is 0.149. The molecule has 3 aromatic carbocycles. The van der Waals surface area contributed by atoms with Crippen molar-refractivity contribution in [3.8, 4) is 0 Å². The van der Waals surface area contributed by atoms with Crippen LogP contribution in [0.3, 0.4) is 0 Å². The third-order valence-corrected chi connectivity index (χ3v) is 5.91. The number of carbonyl (C=O) groups is 2. The van der Waals surface area contributed by atoms with E-state index < -0.39 is 11.6 Å². The molecule has 1 N–H and O–H groups in total. The first-order valence-electron chi connectivity index (χ1n) is 11.1. The fourth-order valence-corrected chi connectivity index (χ4v) is 3.64. The molecular formula is C28H25ClN2O4. The number of carboxylic acid groups (broad SMARTS) is 1. The van der Waals surface area contributed by atoms with Crippen molar-refractivity contribution in [3.63, 3.8) is 0 Å². The van der Waals surface area contributed by atoms with Gasteiger partial charge >= 0.3 is 5.97 Å². The predicted octanol–water partition coefficient (Wildman–Crippen LogP) is 6.01. The lowest BCUT2D eigenvalue weighted by atomic mass is 10.1. The summed E-state index contributed by atoms with van der Waals surface area (Å²) in [5.41, 5.74) is 2.46. The third kappa shape index (κ3) is 5.67. The van der Waals surface area contributed by atoms with Crippen LogP contribution in [-0.2, 0) is 22.7 Å². The van der Waals surface area contributed by atoms with Gasteiger partial charge in [0.2, 0.25) is 5.78 Å². The number of fused-ring (bicyclic) bond motifs is 1. The maximum atomic E-state index is 13.1. The first-order valence-corrected chi connectivity index (χ1v) is 11.5. The first-order chi connectivity index (χ1) is 16.7. The van der Waals surface area contributed by atoms with Gasteiger partial charge in [-0.2, -0.15) is 5.10 Å². The molecule has 1 aromatic heterocycles. The average Bonchev–Trinajstić information content (AvgIpc) is 3.22. The summed E-state index contributed by atoms with van der Waals surface area (Å²) in [6.07, 6.45) is 3.96. The Hall–Kier alpha value is -3.74. The van der Waals surface area contributed by atoms with Gasteiger partial charge in [0.05, 0.1) is 18.7 Å². The van der Waals surface area contributed by atoms with Crippen molar-refractivity contribution in [1.82, 2.24) is 9.78 Å². The molecule has 0 spiro atoms. The number of hydrogen-bond acceptors (Lipinski definition) is 4. The number of aromatic nitrogens is 2. The van der Waals surface area contributed by atoms with Crippen molar-refractivity contribution >= 4 is 40.3 Å². The summed E-state index contributed by atoms with van der Waals surface area (Å²) in [4.78, 5) is 24.3. The van der Waals surface area contributed by atoms with Gasteiger partial charge in [0.15, 0.2) is 5.60 Å². The van der Waals surface area contributed by atoms with E-state index in [2.05, 4.69) is 5.10 Å². The topological polar surface area (TPSA) is 81.4 Å². The monoisotopic (exact) mass is 488 g/mol. The number of carboxylic acids is 1. The quantitative estimate of drug-likeness (QED) is 0.291. The summed E-state index contributed by atoms with van der Waals surface area (Å²) in [5, 5.41) is 15.1. The molecule has 7 heteroatoms. The Morgan fingerprint density at radius 3 is 2.40 bits per heavy atom. The molecule has 0 saturated carbocycles. The van der Waals surface area contributed by atoms with Gasteiger partial charge < -0.3 is 9.84 Å². The Labute approximate surface area is 208 Å². The minimum atomic E-state index is -1.24. The summed E-state index contributed by atoms with van der Waals surface area (Å²) in [6, 6.07) is 22.2. The molecule has 0 atom stereocenters. The Morgan fingerprint density at radius 1 is 1.03 bits per heavy atom. The average molecular weight is 489 g/mol. The van der Waals surface area contributed by atoms with E-state index in [9.17, 15) is 9.59 Å². The van der Waals surface area contributed by atoms with Crippen LogP contribution in [0, 0.1) is 0 Å². The van der Waals surface area contributed by atoms with E-state index in [-0.39, 0.29) is 12.4 Å². The van der Waals surface area contributed by atoms with Crippen LogP contribution in [0.2, 0.25) is 5.02 Å². The SMILES string of the molecule is CC(C)(OCc1ccc(/C=C/Cn2nc(C(=O)c3ccc(Cl)cc3)c3ccccc32)cc1)C(=O)O. The van der Waals surface area contributed by atoms with Crippen LogP contribution in [0.5, 0.6) is 0 Å². The number of aliphatic carboxylic acids is 1. The smallest absolute Gasteiger partial charge is 0.335 e. The summed E-state index contributed by atoms with van der Waals surface area (Å²) >= 11 is 5.96. The largest absolute Gasteiger partial charge is 0.479 e. The van der Waals surface area contributed by atoms with Gasteiger partial charge in [0.1, 0.15) is 5.69 Å². The zero-order valence-electron chi connectivity index (χ0n) is 19.4. The highest BCUT2D eigenvalue weighted by atomic mass is 35.5. The third-order valence-electron chi connectivity index (χ3n) is 5.66. The number of allylic oxidation sites excluding steroid dienone is 1. The van der Waals surface area contributed by atoms with Gasteiger partial charge in [-0.15, -0.1) is 0 Å². The van der Waals surface area contributed by atoms with E-state index in [1.807, 2.05) is 65.4 Å². The number of ketones is 1. The Bertz CT molecular complexity index is 1390. The summed E-state index contributed by atoms with van der Waals surface area (Å²) in [6.45, 7) is 3.76. The lowest BCUT2D eigenvalue weighted by Crippen LogP contribution is -2.34. The van der Waals surface area contributed by atoms with E-state index in [1.165, 1.54) is 13.8 Å². The Kier molecular flexibility index (Phi) is 7.15. The van der Waals surface area contributed by atoms with Crippen LogP contribution < -0.4 is 0 Å². The van der Waals surface area contributed by atoms with Crippen molar-refractivity contribution in [1.29, 1.82) is 0 Å². The van der Waals surface area contributed by atoms with Gasteiger partial charge in [0, 0.05) is 16.0 Å². The maximum absolute atomic E-state index is 13.1. The second-order valence-corrected chi connectivity index (χ2v) is 9.07. The second-order valence-electron chi connectivity index (χ2n) is 8.63. The molecule has 35 heavy (non-hydrogen) atoms. The van der Waals surface area contributed by atoms with E-state index in [1.54, 1.807) is 24.3 Å². The zero-order valence-corrected chi connectivity index (χ0v) is 20.2. The van der Waals surface area contributed by atoms with Crippen molar-refractivity contribution in [2.45, 2.75) is 32.6 Å². The lowest BCUT2D eigenvalue weighted by molar-refractivity contribution is -0.162. The van der Waals surface area contributed by atoms with E-state index >= 15 is 0 Å². The van der Waals surface area contributed by atoms with Crippen LogP contribution in [0.4, 0.5) is 0 Å². The maximum Gasteiger partial charge on any atom is 0.335 e. The molecule has 4 aromatic rings. The second kappa shape index (κ2) is 10.3. The molecule has 0 saturated heterocycles. The van der Waals surface area contributed by atoms with Crippen LogP contribution in [0.25, 0.3) is 17.0 Å². The van der Waals surface area contributed by atoms with Crippen LogP contribution in [0.1, 0.15) is 41.0 Å². The molecule has 0 aliphatic rings. The molecule has 0 unspecified atom stereocenters. The fraction of sp³-hybridized carbons (Fsp3) is 0.179. The van der Waals surface area contributed by atoms with Crippen LogP contribution in [-0.4, -0.2) is 32.2 Å². The normalized spacial score (nSPS) is 11.9. The molecule has 178 valence electrons. The number of benzene rings is 3. The van der Waals surface area contributed by atoms with Gasteiger partial charge in [-0.05, 0) is 55.3 Å². The standard InChI is InChI=1S/C28H25ClN2O4/c1-28(2,27(33)34)35-18-20-11-9-19(10-12-20)6-5-17-31-24-8-4-3-7-23(24)25(30-31)26(32)21-13-15-22(29)16-14-21/h3-16H,17-18H2,1-2H3,(H,33,34)/b6-5+. The van der Waals surface area contributed by atoms with Gasteiger partial charge in [-0.1, -0.05) is 66.2 Å². The van der Waals surface area contributed by atoms with Gasteiger partial charge in [-0.25, -0.2) is 4.79 Å². The van der Waals surface area contributed by atoms with Gasteiger partial charge in [0.25, 0.3) is 0 Å². The van der Waals surface area contributed by atoms with Crippen LogP contribution >= 0.6 is 11.6 Å². The highest BCUT2D eigenvalue weighted by Crippen LogP contribution is 2.22. The molecule has 0 amide bonds. The molecule has 4 rings (SSSR count). The Balaban J connectivity index is 1.47. The highest BCUT2D eigenvalue weighted by Gasteiger charge is 2.27. The molecule has 0 radical (unpaired) electrons. The number of halogens is 1. The number of hydrogen-bond donors (Lipinski definition) is 1. The first kappa shape index (κ1) is 24.4. The van der Waals surface area contributed by atoms with Crippen molar-refractivity contribution < 1.29 is 19.4 Å². The molecule has 0 bridgehead atoms. The number of rotatable bonds is 9. The van der Waals surface area contributed by atoms with Crippen molar-refractivity contribution in [3.05, 3.63) is 106 Å². The molecule has 0 aliphatic carbocycles. The van der Waals surface area contributed by atoms with Gasteiger partial charge in [-0.3, -0.25) is 9.48 Å². The van der Waals surface area contributed by atoms with E-state index in [4.69, 9.17) is 21.4 Å². The molecular weight excluding hydrogens is 464 g/mol. The summed E-state index contributed by atoms with van der Waals surface area (Å²) in [7, 11) is 0.